The maximum absolute atomic E-state index is 12.6. The lowest BCUT2D eigenvalue weighted by Gasteiger charge is -2.27. The highest BCUT2D eigenvalue weighted by atomic mass is 35.5. The van der Waals surface area contributed by atoms with Gasteiger partial charge >= 0.3 is 5.97 Å². The Hall–Kier alpha value is -2.64. The molecule has 2 aromatic rings. The lowest BCUT2D eigenvalue weighted by atomic mass is 9.90. The quantitative estimate of drug-likeness (QED) is 0.530. The number of amides is 1. The van der Waals surface area contributed by atoms with E-state index in [1.54, 1.807) is 31.2 Å². The molecule has 0 aromatic heterocycles. The Labute approximate surface area is 202 Å². The molecule has 0 atom stereocenters. The summed E-state index contributed by atoms with van der Waals surface area (Å²) in [5, 5.41) is 4.34. The van der Waals surface area contributed by atoms with Gasteiger partial charge in [0.25, 0.3) is 0 Å². The number of esters is 1. The van der Waals surface area contributed by atoms with Crippen LogP contribution in [0.25, 0.3) is 0 Å². The fourth-order valence-corrected chi connectivity index (χ4v) is 5.00. The molecule has 1 heterocycles. The standard InChI is InChI=1S/C25H26ClN3O3S/c1-2-32-24(31)18-8-12-20(13-9-18)27-21(30)16-33-23-22(17-6-10-19(26)11-7-17)28-25(29-23)14-4-3-5-15-25/h6-13H,2-5,14-16H2,1H3,(H,27,30). The van der Waals surface area contributed by atoms with Gasteiger partial charge in [-0.3, -0.25) is 9.79 Å². The van der Waals surface area contributed by atoms with E-state index >= 15 is 0 Å². The van der Waals surface area contributed by atoms with Crippen molar-refractivity contribution in [3.63, 3.8) is 0 Å². The fourth-order valence-electron chi connectivity index (χ4n) is 4.00. The van der Waals surface area contributed by atoms with Crippen molar-refractivity contribution in [2.24, 2.45) is 9.98 Å². The largest absolute Gasteiger partial charge is 0.462 e. The van der Waals surface area contributed by atoms with Crippen molar-refractivity contribution in [3.8, 4) is 0 Å². The van der Waals surface area contributed by atoms with Crippen molar-refractivity contribution >= 4 is 51.7 Å². The predicted octanol–water partition coefficient (Wildman–Crippen LogP) is 5.75. The van der Waals surface area contributed by atoms with E-state index < -0.39 is 5.66 Å². The number of nitrogens with zero attached hydrogens (tertiary/aromatic N) is 2. The van der Waals surface area contributed by atoms with Gasteiger partial charge in [-0.15, -0.1) is 0 Å². The molecule has 8 heteroatoms. The zero-order chi connectivity index (χ0) is 23.3. The number of benzene rings is 2. The Kier molecular flexibility index (Phi) is 7.50. The van der Waals surface area contributed by atoms with Crippen LogP contribution in [0.5, 0.6) is 0 Å². The summed E-state index contributed by atoms with van der Waals surface area (Å²) in [7, 11) is 0. The second-order valence-corrected chi connectivity index (χ2v) is 9.46. The van der Waals surface area contributed by atoms with Crippen LogP contribution in [-0.2, 0) is 9.53 Å². The molecule has 172 valence electrons. The molecule has 4 rings (SSSR count). The third kappa shape index (κ3) is 5.84. The summed E-state index contributed by atoms with van der Waals surface area (Å²) in [6.07, 6.45) is 5.31. The number of carbonyl (C=O) groups excluding carboxylic acids is 2. The number of aliphatic imine (C=N–C) groups is 2. The van der Waals surface area contributed by atoms with Crippen LogP contribution in [0.4, 0.5) is 5.69 Å². The number of thioether (sulfide) groups is 1. The summed E-state index contributed by atoms with van der Waals surface area (Å²) >= 11 is 7.47. The predicted molar refractivity (Wildman–Crippen MR) is 135 cm³/mol. The van der Waals surface area contributed by atoms with Crippen molar-refractivity contribution in [1.82, 2.24) is 0 Å². The van der Waals surface area contributed by atoms with Crippen LogP contribution in [0.1, 0.15) is 54.9 Å². The summed E-state index contributed by atoms with van der Waals surface area (Å²) in [6.45, 7) is 2.08. The zero-order valence-corrected chi connectivity index (χ0v) is 20.0. The number of anilines is 1. The number of ether oxygens (including phenoxy) is 1. The van der Waals surface area contributed by atoms with E-state index in [0.717, 1.165) is 42.0 Å². The second-order valence-electron chi connectivity index (χ2n) is 8.06. The summed E-state index contributed by atoms with van der Waals surface area (Å²) in [4.78, 5) is 34.4. The van der Waals surface area contributed by atoms with Gasteiger partial charge in [-0.2, -0.15) is 0 Å². The molecule has 6 nitrogen and oxygen atoms in total. The molecule has 0 radical (unpaired) electrons. The van der Waals surface area contributed by atoms with Crippen molar-refractivity contribution < 1.29 is 14.3 Å². The Morgan fingerprint density at radius 2 is 1.73 bits per heavy atom. The van der Waals surface area contributed by atoms with Crippen molar-refractivity contribution in [2.75, 3.05) is 17.7 Å². The first kappa shape index (κ1) is 23.5. The van der Waals surface area contributed by atoms with Gasteiger partial charge in [-0.1, -0.05) is 41.9 Å². The average molecular weight is 484 g/mol. The van der Waals surface area contributed by atoms with Gasteiger partial charge in [0.1, 0.15) is 5.04 Å². The molecule has 1 aliphatic carbocycles. The van der Waals surface area contributed by atoms with Gasteiger partial charge < -0.3 is 10.1 Å². The molecule has 2 aliphatic rings. The lowest BCUT2D eigenvalue weighted by molar-refractivity contribution is -0.113. The molecule has 1 N–H and O–H groups in total. The number of nitrogens with one attached hydrogen (secondary N) is 1. The van der Waals surface area contributed by atoms with Crippen LogP contribution in [0.2, 0.25) is 5.02 Å². The Bertz CT molecular complexity index is 1080. The number of halogens is 1. The molecule has 1 fully saturated rings. The van der Waals surface area contributed by atoms with E-state index in [2.05, 4.69) is 5.32 Å². The zero-order valence-electron chi connectivity index (χ0n) is 18.5. The Balaban J connectivity index is 1.42. The second kappa shape index (κ2) is 10.5. The first-order chi connectivity index (χ1) is 16.0. The van der Waals surface area contributed by atoms with Gasteiger partial charge in [0.05, 0.1) is 23.6 Å². The summed E-state index contributed by atoms with van der Waals surface area (Å²) in [5.74, 6) is -0.316. The van der Waals surface area contributed by atoms with Gasteiger partial charge in [-0.05, 0) is 69.0 Å². The summed E-state index contributed by atoms with van der Waals surface area (Å²) < 4.78 is 4.98. The van der Waals surface area contributed by atoms with Crippen molar-refractivity contribution in [1.29, 1.82) is 0 Å². The highest BCUT2D eigenvalue weighted by molar-refractivity contribution is 8.16. The van der Waals surface area contributed by atoms with Crippen LogP contribution in [0.3, 0.4) is 0 Å². The van der Waals surface area contributed by atoms with Gasteiger partial charge in [0.15, 0.2) is 5.66 Å². The number of hydrogen-bond donors (Lipinski definition) is 1. The number of carbonyl (C=O) groups is 2. The average Bonchev–Trinajstić information content (AvgIpc) is 3.17. The highest BCUT2D eigenvalue weighted by Crippen LogP contribution is 2.38. The summed E-state index contributed by atoms with van der Waals surface area (Å²) in [5.41, 5.74) is 2.48. The first-order valence-corrected chi connectivity index (χ1v) is 12.5. The smallest absolute Gasteiger partial charge is 0.338 e. The highest BCUT2D eigenvalue weighted by Gasteiger charge is 2.37. The van der Waals surface area contributed by atoms with E-state index in [9.17, 15) is 9.59 Å². The van der Waals surface area contributed by atoms with Gasteiger partial charge in [0.2, 0.25) is 5.91 Å². The third-order valence-electron chi connectivity index (χ3n) is 5.62. The molecule has 1 aliphatic heterocycles. The molecule has 0 saturated heterocycles. The van der Waals surface area contributed by atoms with Crippen LogP contribution in [-0.4, -0.2) is 40.7 Å². The van der Waals surface area contributed by atoms with Gasteiger partial charge in [0, 0.05) is 16.3 Å². The Morgan fingerprint density at radius 3 is 2.39 bits per heavy atom. The SMILES string of the molecule is CCOC(=O)c1ccc(NC(=O)CSC2=NC3(CCCCC3)N=C2c2ccc(Cl)cc2)cc1. The van der Waals surface area contributed by atoms with Crippen LogP contribution in [0, 0.1) is 0 Å². The normalized spacial score (nSPS) is 16.8. The maximum Gasteiger partial charge on any atom is 0.338 e. The van der Waals surface area contributed by atoms with Crippen LogP contribution >= 0.6 is 23.4 Å². The summed E-state index contributed by atoms with van der Waals surface area (Å²) in [6, 6.07) is 14.3. The minimum Gasteiger partial charge on any atom is -0.462 e. The molecule has 2 aromatic carbocycles. The number of rotatable bonds is 6. The molecule has 1 saturated carbocycles. The minimum absolute atomic E-state index is 0.147. The van der Waals surface area contributed by atoms with Crippen molar-refractivity contribution in [2.45, 2.75) is 44.7 Å². The van der Waals surface area contributed by atoms with E-state index in [1.807, 2.05) is 24.3 Å². The first-order valence-electron chi connectivity index (χ1n) is 11.1. The van der Waals surface area contributed by atoms with E-state index in [-0.39, 0.29) is 17.6 Å². The molecule has 1 amide bonds. The Morgan fingerprint density at radius 1 is 1.03 bits per heavy atom. The topological polar surface area (TPSA) is 80.1 Å². The molecule has 0 bridgehead atoms. The molecular formula is C25H26ClN3O3S. The van der Waals surface area contributed by atoms with E-state index in [4.69, 9.17) is 26.3 Å². The van der Waals surface area contributed by atoms with Crippen LogP contribution < -0.4 is 5.32 Å². The van der Waals surface area contributed by atoms with Gasteiger partial charge in [-0.25, -0.2) is 9.79 Å². The molecule has 33 heavy (non-hydrogen) atoms. The van der Waals surface area contributed by atoms with Crippen molar-refractivity contribution in [3.05, 3.63) is 64.7 Å². The molecule has 0 unspecified atom stereocenters. The lowest BCUT2D eigenvalue weighted by Crippen LogP contribution is -2.25. The minimum atomic E-state index is -0.394. The third-order valence-corrected chi connectivity index (χ3v) is 6.84. The number of hydrogen-bond acceptors (Lipinski definition) is 6. The molecular weight excluding hydrogens is 458 g/mol. The molecule has 1 spiro atoms. The fraction of sp³-hybridized carbons (Fsp3) is 0.360. The maximum atomic E-state index is 12.6. The van der Waals surface area contributed by atoms with Crippen LogP contribution in [0.15, 0.2) is 58.5 Å². The van der Waals surface area contributed by atoms with E-state index in [1.165, 1.54) is 18.2 Å². The van der Waals surface area contributed by atoms with E-state index in [0.29, 0.717) is 22.9 Å². The monoisotopic (exact) mass is 483 g/mol.